The molecule has 0 aliphatic carbocycles. The average molecular weight is 324 g/mol. The molecule has 1 fully saturated rings. The van der Waals surface area contributed by atoms with Gasteiger partial charge in [-0.1, -0.05) is 67.6 Å². The minimum atomic E-state index is -1.26. The Morgan fingerprint density at radius 1 is 1.09 bits per heavy atom. The van der Waals surface area contributed by atoms with E-state index in [-0.39, 0.29) is 0 Å². The van der Waals surface area contributed by atoms with Crippen LogP contribution in [-0.2, 0) is 5.72 Å². The molecular formula is C19H20N2OS. The van der Waals surface area contributed by atoms with Crippen molar-refractivity contribution in [3.05, 3.63) is 77.5 Å². The smallest absolute Gasteiger partial charge is 0.208 e. The third-order valence-electron chi connectivity index (χ3n) is 3.99. The van der Waals surface area contributed by atoms with Gasteiger partial charge in [-0.3, -0.25) is 0 Å². The van der Waals surface area contributed by atoms with E-state index in [1.807, 2.05) is 71.6 Å². The van der Waals surface area contributed by atoms with Crippen molar-refractivity contribution in [2.24, 2.45) is 0 Å². The highest BCUT2D eigenvalue weighted by molar-refractivity contribution is 7.80. The molecule has 0 amide bonds. The molecule has 1 unspecified atom stereocenters. The van der Waals surface area contributed by atoms with Crippen molar-refractivity contribution < 1.29 is 5.11 Å². The standard InChI is InChI=1S/C19H20N2OS/c1-2-13-21-18(23)20-17(14-15-9-5-3-6-10-15)19(21,22)16-11-7-4-8-12-16/h3-12,14,22H,2,13H2,1H3,(H,20,23)/b17-14-. The minimum absolute atomic E-state index is 0.556. The predicted molar refractivity (Wildman–Crippen MR) is 97.5 cm³/mol. The lowest BCUT2D eigenvalue weighted by molar-refractivity contribution is -0.0282. The Morgan fingerprint density at radius 3 is 2.30 bits per heavy atom. The lowest BCUT2D eigenvalue weighted by Gasteiger charge is -2.34. The number of rotatable bonds is 4. The highest BCUT2D eigenvalue weighted by Crippen LogP contribution is 2.37. The molecule has 2 aromatic rings. The maximum atomic E-state index is 11.6. The largest absolute Gasteiger partial charge is 0.362 e. The molecule has 23 heavy (non-hydrogen) atoms. The topological polar surface area (TPSA) is 35.5 Å². The first-order valence-electron chi connectivity index (χ1n) is 7.80. The van der Waals surface area contributed by atoms with Gasteiger partial charge in [0.05, 0.1) is 5.70 Å². The Hall–Kier alpha value is -2.17. The Labute approximate surface area is 142 Å². The first-order valence-corrected chi connectivity index (χ1v) is 8.21. The summed E-state index contributed by atoms with van der Waals surface area (Å²) in [5.41, 5.74) is 1.26. The van der Waals surface area contributed by atoms with Gasteiger partial charge in [0.2, 0.25) is 5.72 Å². The van der Waals surface area contributed by atoms with E-state index >= 15 is 0 Å². The van der Waals surface area contributed by atoms with Crippen molar-refractivity contribution in [3.63, 3.8) is 0 Å². The minimum Gasteiger partial charge on any atom is -0.362 e. The molecule has 3 rings (SSSR count). The summed E-state index contributed by atoms with van der Waals surface area (Å²) in [7, 11) is 0. The van der Waals surface area contributed by atoms with Crippen molar-refractivity contribution >= 4 is 23.4 Å². The fourth-order valence-corrected chi connectivity index (χ4v) is 3.22. The Morgan fingerprint density at radius 2 is 1.70 bits per heavy atom. The van der Waals surface area contributed by atoms with Gasteiger partial charge in [-0.25, -0.2) is 0 Å². The van der Waals surface area contributed by atoms with Gasteiger partial charge in [0.25, 0.3) is 0 Å². The third kappa shape index (κ3) is 2.87. The van der Waals surface area contributed by atoms with Gasteiger partial charge in [0, 0.05) is 12.1 Å². The van der Waals surface area contributed by atoms with E-state index in [1.54, 1.807) is 0 Å². The van der Waals surface area contributed by atoms with Crippen LogP contribution < -0.4 is 5.32 Å². The van der Waals surface area contributed by atoms with Crippen LogP contribution >= 0.6 is 12.2 Å². The average Bonchev–Trinajstić information content (AvgIpc) is 2.82. The van der Waals surface area contributed by atoms with Crippen LogP contribution in [0.2, 0.25) is 0 Å². The second-order valence-corrected chi connectivity index (χ2v) is 5.98. The van der Waals surface area contributed by atoms with Crippen LogP contribution in [0.15, 0.2) is 66.4 Å². The molecule has 118 valence electrons. The summed E-state index contributed by atoms with van der Waals surface area (Å²) >= 11 is 5.46. The molecule has 0 spiro atoms. The van der Waals surface area contributed by atoms with Crippen molar-refractivity contribution in [3.8, 4) is 0 Å². The number of nitrogens with one attached hydrogen (secondary N) is 1. The zero-order valence-corrected chi connectivity index (χ0v) is 13.9. The van der Waals surface area contributed by atoms with Crippen LogP contribution in [0.5, 0.6) is 0 Å². The lowest BCUT2D eigenvalue weighted by atomic mass is 9.97. The summed E-state index contributed by atoms with van der Waals surface area (Å²) in [5, 5.41) is 15.3. The van der Waals surface area contributed by atoms with Crippen LogP contribution in [-0.4, -0.2) is 21.7 Å². The van der Waals surface area contributed by atoms with Gasteiger partial charge >= 0.3 is 0 Å². The maximum Gasteiger partial charge on any atom is 0.208 e. The van der Waals surface area contributed by atoms with Gasteiger partial charge in [0.15, 0.2) is 5.11 Å². The molecule has 1 aliphatic rings. The summed E-state index contributed by atoms with van der Waals surface area (Å²) in [5.74, 6) is 0. The summed E-state index contributed by atoms with van der Waals surface area (Å²) in [6, 6.07) is 19.6. The van der Waals surface area contributed by atoms with Gasteiger partial charge < -0.3 is 15.3 Å². The van der Waals surface area contributed by atoms with Crippen LogP contribution in [0, 0.1) is 0 Å². The molecule has 4 heteroatoms. The molecule has 0 radical (unpaired) electrons. The van der Waals surface area contributed by atoms with Crippen LogP contribution in [0.4, 0.5) is 0 Å². The molecule has 1 heterocycles. The normalized spacial score (nSPS) is 22.4. The van der Waals surface area contributed by atoms with Crippen molar-refractivity contribution in [1.82, 2.24) is 10.2 Å². The van der Waals surface area contributed by atoms with Gasteiger partial charge in [0.1, 0.15) is 0 Å². The highest BCUT2D eigenvalue weighted by Gasteiger charge is 2.47. The molecule has 1 atom stereocenters. The fourth-order valence-electron chi connectivity index (χ4n) is 2.88. The quantitative estimate of drug-likeness (QED) is 0.844. The van der Waals surface area contributed by atoms with Crippen LogP contribution in [0.25, 0.3) is 6.08 Å². The van der Waals surface area contributed by atoms with E-state index in [4.69, 9.17) is 12.2 Å². The SMILES string of the molecule is CCCN1C(=S)N/C(=C\c2ccccc2)C1(O)c1ccccc1. The van der Waals surface area contributed by atoms with E-state index in [0.717, 1.165) is 17.5 Å². The van der Waals surface area contributed by atoms with Crippen molar-refractivity contribution in [2.45, 2.75) is 19.1 Å². The number of nitrogens with zero attached hydrogens (tertiary/aromatic N) is 1. The molecule has 1 aliphatic heterocycles. The summed E-state index contributed by atoms with van der Waals surface area (Å²) in [6.45, 7) is 2.76. The van der Waals surface area contributed by atoms with Crippen molar-refractivity contribution in [2.75, 3.05) is 6.54 Å². The van der Waals surface area contributed by atoms with Gasteiger partial charge in [-0.2, -0.15) is 0 Å². The van der Waals surface area contributed by atoms with Crippen molar-refractivity contribution in [1.29, 1.82) is 0 Å². The van der Waals surface area contributed by atoms with Gasteiger partial charge in [-0.05, 0) is 30.3 Å². The summed E-state index contributed by atoms with van der Waals surface area (Å²) in [4.78, 5) is 1.85. The Bertz CT molecular complexity index is 715. The number of hydrogen-bond acceptors (Lipinski definition) is 2. The molecule has 1 saturated heterocycles. The van der Waals surface area contributed by atoms with E-state index in [9.17, 15) is 5.11 Å². The Balaban J connectivity index is 2.11. The van der Waals surface area contributed by atoms with E-state index in [0.29, 0.717) is 17.4 Å². The Kier molecular flexibility index (Phi) is 4.46. The monoisotopic (exact) mass is 324 g/mol. The third-order valence-corrected chi connectivity index (χ3v) is 4.31. The zero-order valence-electron chi connectivity index (χ0n) is 13.1. The second kappa shape index (κ2) is 6.52. The first-order chi connectivity index (χ1) is 11.2. The summed E-state index contributed by atoms with van der Waals surface area (Å²) in [6.07, 6.45) is 2.85. The molecule has 3 nitrogen and oxygen atoms in total. The van der Waals surface area contributed by atoms with E-state index in [2.05, 4.69) is 12.2 Å². The highest BCUT2D eigenvalue weighted by atomic mass is 32.1. The van der Waals surface area contributed by atoms with E-state index in [1.165, 1.54) is 0 Å². The van der Waals surface area contributed by atoms with Crippen LogP contribution in [0.1, 0.15) is 24.5 Å². The molecule has 2 N–H and O–H groups in total. The lowest BCUT2D eigenvalue weighted by Crippen LogP contribution is -2.44. The van der Waals surface area contributed by atoms with E-state index < -0.39 is 5.72 Å². The molecule has 0 aromatic heterocycles. The zero-order chi connectivity index (χ0) is 16.3. The predicted octanol–water partition coefficient (Wildman–Crippen LogP) is 3.47. The molecule has 2 aromatic carbocycles. The van der Waals surface area contributed by atoms with Crippen LogP contribution in [0.3, 0.4) is 0 Å². The maximum absolute atomic E-state index is 11.6. The van der Waals surface area contributed by atoms with Gasteiger partial charge in [-0.15, -0.1) is 0 Å². The molecule has 0 saturated carbocycles. The second-order valence-electron chi connectivity index (χ2n) is 5.59. The number of thiocarbonyl (C=S) groups is 1. The first kappa shape index (κ1) is 15.7. The number of hydrogen-bond donors (Lipinski definition) is 2. The number of benzene rings is 2. The molecule has 0 bridgehead atoms. The summed E-state index contributed by atoms with van der Waals surface area (Å²) < 4.78 is 0. The fraction of sp³-hybridized carbons (Fsp3) is 0.211. The number of aliphatic hydroxyl groups is 1. The molecular weight excluding hydrogens is 304 g/mol.